The van der Waals surface area contributed by atoms with E-state index < -0.39 is 6.03 Å². The summed E-state index contributed by atoms with van der Waals surface area (Å²) in [6, 6.07) is -0.940. The molecule has 1 fully saturated rings. The van der Waals surface area contributed by atoms with Gasteiger partial charge in [-0.25, -0.2) is 10.3 Å². The fourth-order valence-corrected chi connectivity index (χ4v) is 0.884. The van der Waals surface area contributed by atoms with Gasteiger partial charge in [0.1, 0.15) is 0 Å². The van der Waals surface area contributed by atoms with Gasteiger partial charge in [-0.1, -0.05) is 32.1 Å². The number of nitrogens with two attached hydrogens (primary N) is 1. The minimum atomic E-state index is -0.940. The van der Waals surface area contributed by atoms with Crippen molar-refractivity contribution in [1.82, 2.24) is 5.48 Å². The average molecular weight is 146 g/mol. The van der Waals surface area contributed by atoms with Crippen LogP contribution < -0.4 is 11.2 Å². The van der Waals surface area contributed by atoms with Crippen LogP contribution in [0.5, 0.6) is 0 Å². The van der Waals surface area contributed by atoms with Crippen LogP contribution in [-0.4, -0.2) is 11.2 Å². The summed E-state index contributed by atoms with van der Waals surface area (Å²) >= 11 is 0. The Morgan fingerprint density at radius 3 is 1.50 bits per heavy atom. The van der Waals surface area contributed by atoms with Crippen LogP contribution in [-0.2, 0) is 0 Å². The monoisotopic (exact) mass is 146 g/mol. The Balaban J connectivity index is 0.000000162. The van der Waals surface area contributed by atoms with Crippen LogP contribution in [0, 0.1) is 0 Å². The van der Waals surface area contributed by atoms with Gasteiger partial charge in [-0.3, -0.25) is 5.21 Å². The highest BCUT2D eigenvalue weighted by atomic mass is 16.5. The topological polar surface area (TPSA) is 75.4 Å². The molecule has 0 aliphatic heterocycles. The molecule has 0 radical (unpaired) electrons. The van der Waals surface area contributed by atoms with E-state index in [1.54, 1.807) is 0 Å². The molecule has 0 atom stereocenters. The molecule has 0 spiro atoms. The van der Waals surface area contributed by atoms with Gasteiger partial charge in [-0.05, 0) is 0 Å². The molecular weight excluding hydrogens is 132 g/mol. The van der Waals surface area contributed by atoms with E-state index in [1.165, 1.54) is 37.6 Å². The average Bonchev–Trinajstić information content (AvgIpc) is 2.43. The fraction of sp³-hybridized carbons (Fsp3) is 0.833. The van der Waals surface area contributed by atoms with Gasteiger partial charge in [0, 0.05) is 0 Å². The van der Waals surface area contributed by atoms with Gasteiger partial charge in [-0.2, -0.15) is 0 Å². The molecule has 0 saturated heterocycles. The van der Waals surface area contributed by atoms with E-state index in [0.29, 0.717) is 0 Å². The molecule has 0 unspecified atom stereocenters. The molecule has 1 aliphatic rings. The summed E-state index contributed by atoms with van der Waals surface area (Å²) in [5.41, 5.74) is 5.46. The largest absolute Gasteiger partial charge is 0.350 e. The Labute approximate surface area is 60.4 Å². The first-order valence-electron chi connectivity index (χ1n) is 3.47. The Bertz CT molecular complexity index is 84.1. The molecule has 0 heterocycles. The molecule has 60 valence electrons. The lowest BCUT2D eigenvalue weighted by atomic mass is 10.4. The first-order chi connectivity index (χ1) is 4.77. The van der Waals surface area contributed by atoms with Gasteiger partial charge in [0.15, 0.2) is 0 Å². The smallest absolute Gasteiger partial charge is 0.335 e. The predicted molar refractivity (Wildman–Crippen MR) is 37.6 cm³/mol. The highest BCUT2D eigenvalue weighted by molar-refractivity contribution is 5.69. The molecule has 0 aromatic carbocycles. The predicted octanol–water partition coefficient (Wildman–Crippen LogP) is 0.994. The van der Waals surface area contributed by atoms with Gasteiger partial charge < -0.3 is 5.73 Å². The number of hydrogen-bond acceptors (Lipinski definition) is 2. The van der Waals surface area contributed by atoms with Crippen LogP contribution in [0.1, 0.15) is 32.1 Å². The van der Waals surface area contributed by atoms with E-state index >= 15 is 0 Å². The minimum absolute atomic E-state index is 0.940. The molecule has 0 aromatic heterocycles. The summed E-state index contributed by atoms with van der Waals surface area (Å²) in [5, 5.41) is 7.42. The second kappa shape index (κ2) is 6.35. The number of rotatable bonds is 0. The third-order valence-corrected chi connectivity index (χ3v) is 1.36. The third-order valence-electron chi connectivity index (χ3n) is 1.36. The molecule has 1 aliphatic carbocycles. The van der Waals surface area contributed by atoms with Crippen molar-refractivity contribution in [3.8, 4) is 0 Å². The van der Waals surface area contributed by atoms with Gasteiger partial charge >= 0.3 is 6.03 Å². The number of primary amides is 1. The summed E-state index contributed by atoms with van der Waals surface area (Å²) in [6.07, 6.45) is 7.50. The second-order valence-electron chi connectivity index (χ2n) is 2.24. The zero-order valence-electron chi connectivity index (χ0n) is 5.97. The number of urea groups is 1. The summed E-state index contributed by atoms with van der Waals surface area (Å²) in [7, 11) is 0. The van der Waals surface area contributed by atoms with Crippen molar-refractivity contribution < 1.29 is 10.0 Å². The van der Waals surface area contributed by atoms with Crippen LogP contribution in [0.2, 0.25) is 0 Å². The number of carbonyl (C=O) groups excluding carboxylic acids is 1. The van der Waals surface area contributed by atoms with Crippen molar-refractivity contribution in [2.24, 2.45) is 5.73 Å². The molecule has 4 N–H and O–H groups in total. The maximum atomic E-state index is 9.23. The number of hydrogen-bond donors (Lipinski definition) is 3. The SMILES string of the molecule is C1CCCC1.NC(=O)NO. The summed E-state index contributed by atoms with van der Waals surface area (Å²) < 4.78 is 0. The van der Waals surface area contributed by atoms with Crippen molar-refractivity contribution in [3.63, 3.8) is 0 Å². The number of amides is 2. The lowest BCUT2D eigenvalue weighted by Crippen LogP contribution is -2.25. The molecule has 2 amide bonds. The molecule has 1 saturated carbocycles. The standard InChI is InChI=1S/C5H10.CH4N2O2/c1-2-4-5-3-1;2-1(4)3-5/h1-5H2;5H,(H3,2,3,4). The van der Waals surface area contributed by atoms with Crippen LogP contribution >= 0.6 is 0 Å². The molecule has 4 nitrogen and oxygen atoms in total. The van der Waals surface area contributed by atoms with Crippen LogP contribution in [0.15, 0.2) is 0 Å². The number of carbonyl (C=O) groups is 1. The molecular formula is C6H14N2O2. The molecule has 1 rings (SSSR count). The lowest BCUT2D eigenvalue weighted by Gasteiger charge is -1.79. The zero-order chi connectivity index (χ0) is 7.82. The van der Waals surface area contributed by atoms with E-state index in [-0.39, 0.29) is 0 Å². The first-order valence-corrected chi connectivity index (χ1v) is 3.47. The summed E-state index contributed by atoms with van der Waals surface area (Å²) in [5.74, 6) is 0. The maximum Gasteiger partial charge on any atom is 0.335 e. The summed E-state index contributed by atoms with van der Waals surface area (Å²) in [6.45, 7) is 0. The quantitative estimate of drug-likeness (QED) is 0.352. The Morgan fingerprint density at radius 2 is 1.40 bits per heavy atom. The second-order valence-corrected chi connectivity index (χ2v) is 2.24. The maximum absolute atomic E-state index is 9.23. The molecule has 0 bridgehead atoms. The fourth-order valence-electron chi connectivity index (χ4n) is 0.884. The molecule has 10 heavy (non-hydrogen) atoms. The normalized spacial score (nSPS) is 15.3. The van der Waals surface area contributed by atoms with Crippen LogP contribution in [0.3, 0.4) is 0 Å². The molecule has 0 aromatic rings. The highest BCUT2D eigenvalue weighted by Gasteiger charge is 1.95. The van der Waals surface area contributed by atoms with Gasteiger partial charge in [-0.15, -0.1) is 0 Å². The third kappa shape index (κ3) is 7.23. The van der Waals surface area contributed by atoms with Crippen LogP contribution in [0.25, 0.3) is 0 Å². The Morgan fingerprint density at radius 1 is 1.20 bits per heavy atom. The Kier molecular flexibility index (Phi) is 5.86. The van der Waals surface area contributed by atoms with Gasteiger partial charge in [0.25, 0.3) is 0 Å². The number of nitrogens with one attached hydrogen (secondary N) is 1. The van der Waals surface area contributed by atoms with Crippen molar-refractivity contribution in [2.45, 2.75) is 32.1 Å². The summed E-state index contributed by atoms with van der Waals surface area (Å²) in [4.78, 5) is 9.23. The van der Waals surface area contributed by atoms with Gasteiger partial charge in [0.05, 0.1) is 0 Å². The molecule has 4 heteroatoms. The van der Waals surface area contributed by atoms with E-state index in [4.69, 9.17) is 5.21 Å². The lowest BCUT2D eigenvalue weighted by molar-refractivity contribution is 0.169. The van der Waals surface area contributed by atoms with E-state index in [2.05, 4.69) is 5.73 Å². The van der Waals surface area contributed by atoms with Crippen molar-refractivity contribution >= 4 is 6.03 Å². The van der Waals surface area contributed by atoms with E-state index in [1.807, 2.05) is 0 Å². The van der Waals surface area contributed by atoms with E-state index in [0.717, 1.165) is 0 Å². The zero-order valence-corrected chi connectivity index (χ0v) is 5.97. The highest BCUT2D eigenvalue weighted by Crippen LogP contribution is 2.15. The Hall–Kier alpha value is -0.770. The van der Waals surface area contributed by atoms with Crippen molar-refractivity contribution in [1.29, 1.82) is 0 Å². The van der Waals surface area contributed by atoms with E-state index in [9.17, 15) is 4.79 Å². The van der Waals surface area contributed by atoms with Crippen molar-refractivity contribution in [3.05, 3.63) is 0 Å². The minimum Gasteiger partial charge on any atom is -0.350 e. The van der Waals surface area contributed by atoms with Crippen molar-refractivity contribution in [2.75, 3.05) is 0 Å². The van der Waals surface area contributed by atoms with Gasteiger partial charge in [0.2, 0.25) is 0 Å². The first kappa shape index (κ1) is 9.23. The van der Waals surface area contributed by atoms with Crippen LogP contribution in [0.4, 0.5) is 4.79 Å². The number of hydroxylamine groups is 1.